The average Bonchev–Trinajstić information content (AvgIpc) is 3.09. The number of fused-ring (bicyclic) bond motifs is 1. The summed E-state index contributed by atoms with van der Waals surface area (Å²) >= 11 is 0. The molecule has 0 saturated carbocycles. The van der Waals surface area contributed by atoms with Crippen molar-refractivity contribution >= 4 is 26.9 Å². The molecule has 2 N–H and O–H groups in total. The molecule has 0 radical (unpaired) electrons. The Balaban J connectivity index is 1.83. The van der Waals surface area contributed by atoms with Crippen molar-refractivity contribution in [3.05, 3.63) is 36.5 Å². The summed E-state index contributed by atoms with van der Waals surface area (Å²) in [5.74, 6) is 0.726. The number of hydrogen-bond donors (Lipinski definition) is 2. The van der Waals surface area contributed by atoms with Crippen LogP contribution in [0.3, 0.4) is 0 Å². The fourth-order valence-corrected chi connectivity index (χ4v) is 4.56. The van der Waals surface area contributed by atoms with E-state index in [0.29, 0.717) is 32.1 Å². The van der Waals surface area contributed by atoms with E-state index in [0.717, 1.165) is 19.5 Å². The standard InChI is InChI=1S/C20H33N5O2S/c1-4-21-20(23-14-17-28(26,27)25(5-2)6-3)22-13-9-15-24-16-12-18-10-7-8-11-19(18)24/h7-8,10-12,16H,4-6,9,13-15,17H2,1-3H3,(H2,21,22,23). The van der Waals surface area contributed by atoms with Crippen LogP contribution in [0.1, 0.15) is 27.2 Å². The van der Waals surface area contributed by atoms with Crippen molar-refractivity contribution < 1.29 is 8.42 Å². The number of benzene rings is 1. The van der Waals surface area contributed by atoms with Gasteiger partial charge in [0, 0.05) is 51.0 Å². The smallest absolute Gasteiger partial charge is 0.215 e. The molecule has 0 spiro atoms. The predicted octanol–water partition coefficient (Wildman–Crippen LogP) is 2.26. The fraction of sp³-hybridized carbons (Fsp3) is 0.550. The molecule has 1 heterocycles. The van der Waals surface area contributed by atoms with Crippen LogP contribution in [0.15, 0.2) is 41.5 Å². The van der Waals surface area contributed by atoms with Crippen molar-refractivity contribution in [3.63, 3.8) is 0 Å². The molecule has 8 heteroatoms. The molecule has 0 aliphatic carbocycles. The highest BCUT2D eigenvalue weighted by atomic mass is 32.2. The van der Waals surface area contributed by atoms with Crippen molar-refractivity contribution in [2.45, 2.75) is 33.7 Å². The molecule has 1 aromatic carbocycles. The zero-order valence-electron chi connectivity index (χ0n) is 17.2. The van der Waals surface area contributed by atoms with Crippen molar-refractivity contribution in [1.29, 1.82) is 0 Å². The van der Waals surface area contributed by atoms with Crippen molar-refractivity contribution in [3.8, 4) is 0 Å². The molecule has 0 aliphatic heterocycles. The lowest BCUT2D eigenvalue weighted by Crippen LogP contribution is -2.42. The quantitative estimate of drug-likeness (QED) is 0.340. The van der Waals surface area contributed by atoms with Crippen LogP contribution in [0.4, 0.5) is 0 Å². The largest absolute Gasteiger partial charge is 0.357 e. The highest BCUT2D eigenvalue weighted by Crippen LogP contribution is 2.15. The number of nitrogens with zero attached hydrogens (tertiary/aromatic N) is 3. The highest BCUT2D eigenvalue weighted by molar-refractivity contribution is 7.89. The van der Waals surface area contributed by atoms with Gasteiger partial charge in [-0.05, 0) is 30.9 Å². The van der Waals surface area contributed by atoms with Gasteiger partial charge in [-0.15, -0.1) is 0 Å². The number of hydrogen-bond acceptors (Lipinski definition) is 3. The van der Waals surface area contributed by atoms with Gasteiger partial charge in [0.1, 0.15) is 0 Å². The van der Waals surface area contributed by atoms with Gasteiger partial charge in [0.2, 0.25) is 10.0 Å². The molecule has 156 valence electrons. The molecular weight excluding hydrogens is 374 g/mol. The van der Waals surface area contributed by atoms with Crippen LogP contribution in [-0.2, 0) is 16.6 Å². The second-order valence-corrected chi connectivity index (χ2v) is 8.60. The Kier molecular flexibility index (Phi) is 8.79. The number of sulfonamides is 1. The fourth-order valence-electron chi connectivity index (χ4n) is 3.15. The van der Waals surface area contributed by atoms with Crippen LogP contribution in [0.25, 0.3) is 10.9 Å². The molecule has 0 saturated heterocycles. The van der Waals surface area contributed by atoms with Gasteiger partial charge in [0.25, 0.3) is 0 Å². The number of aliphatic imine (C=N–C) groups is 1. The first-order valence-corrected chi connectivity index (χ1v) is 11.7. The van der Waals surface area contributed by atoms with E-state index >= 15 is 0 Å². The second-order valence-electron chi connectivity index (χ2n) is 6.51. The maximum absolute atomic E-state index is 12.3. The lowest BCUT2D eigenvalue weighted by atomic mass is 10.2. The summed E-state index contributed by atoms with van der Waals surface area (Å²) in [6.45, 7) is 9.35. The Morgan fingerprint density at radius 1 is 1.11 bits per heavy atom. The minimum atomic E-state index is -3.22. The molecule has 2 aromatic rings. The van der Waals surface area contributed by atoms with Gasteiger partial charge in [-0.1, -0.05) is 32.0 Å². The SMILES string of the molecule is CCNC(=NCCCn1ccc2ccccc21)NCCS(=O)(=O)N(CC)CC. The molecule has 7 nitrogen and oxygen atoms in total. The van der Waals surface area contributed by atoms with Crippen molar-refractivity contribution in [2.24, 2.45) is 4.99 Å². The summed E-state index contributed by atoms with van der Waals surface area (Å²) in [5, 5.41) is 7.55. The van der Waals surface area contributed by atoms with E-state index in [9.17, 15) is 8.42 Å². The van der Waals surface area contributed by atoms with Gasteiger partial charge < -0.3 is 15.2 Å². The lowest BCUT2D eigenvalue weighted by Gasteiger charge is -2.19. The highest BCUT2D eigenvalue weighted by Gasteiger charge is 2.18. The summed E-state index contributed by atoms with van der Waals surface area (Å²) in [5.41, 5.74) is 1.23. The van der Waals surface area contributed by atoms with Crippen LogP contribution in [0.5, 0.6) is 0 Å². The summed E-state index contributed by atoms with van der Waals surface area (Å²) in [6.07, 6.45) is 3.02. The number of guanidine groups is 1. The van der Waals surface area contributed by atoms with Gasteiger partial charge in [0.05, 0.1) is 5.75 Å². The first-order valence-electron chi connectivity index (χ1n) is 10.1. The Hall–Kier alpha value is -2.06. The second kappa shape index (κ2) is 11.1. The van der Waals surface area contributed by atoms with Gasteiger partial charge >= 0.3 is 0 Å². The number of rotatable bonds is 11. The third-order valence-electron chi connectivity index (χ3n) is 4.60. The molecule has 0 unspecified atom stereocenters. The third-order valence-corrected chi connectivity index (χ3v) is 6.63. The summed E-state index contributed by atoms with van der Waals surface area (Å²) in [6, 6.07) is 10.5. The van der Waals surface area contributed by atoms with Crippen LogP contribution in [0, 0.1) is 0 Å². The summed E-state index contributed by atoms with van der Waals surface area (Å²) in [4.78, 5) is 4.57. The Bertz CT molecular complexity index is 856. The first-order chi connectivity index (χ1) is 13.5. The summed E-state index contributed by atoms with van der Waals surface area (Å²) < 4.78 is 28.2. The molecule has 0 fully saturated rings. The number of para-hydroxylation sites is 1. The van der Waals surface area contributed by atoms with Crippen molar-refractivity contribution in [2.75, 3.05) is 38.5 Å². The molecule has 0 atom stereocenters. The van der Waals surface area contributed by atoms with Gasteiger partial charge in [0.15, 0.2) is 5.96 Å². The van der Waals surface area contributed by atoms with E-state index in [1.165, 1.54) is 15.2 Å². The predicted molar refractivity (Wildman–Crippen MR) is 117 cm³/mol. The monoisotopic (exact) mass is 407 g/mol. The van der Waals surface area contributed by atoms with E-state index in [2.05, 4.69) is 50.7 Å². The van der Waals surface area contributed by atoms with E-state index in [1.807, 2.05) is 26.8 Å². The molecule has 1 aromatic heterocycles. The van der Waals surface area contributed by atoms with Gasteiger partial charge in [-0.2, -0.15) is 0 Å². The van der Waals surface area contributed by atoms with Gasteiger partial charge in [-0.3, -0.25) is 4.99 Å². The molecule has 2 rings (SSSR count). The van der Waals surface area contributed by atoms with Crippen LogP contribution < -0.4 is 10.6 Å². The zero-order valence-corrected chi connectivity index (χ0v) is 18.0. The number of nitrogens with one attached hydrogen (secondary N) is 2. The molecular formula is C20H33N5O2S. The van der Waals surface area contributed by atoms with Crippen LogP contribution in [0.2, 0.25) is 0 Å². The van der Waals surface area contributed by atoms with E-state index < -0.39 is 10.0 Å². The molecule has 0 amide bonds. The number of aromatic nitrogens is 1. The van der Waals surface area contributed by atoms with Crippen LogP contribution >= 0.6 is 0 Å². The summed E-state index contributed by atoms with van der Waals surface area (Å²) in [7, 11) is -3.22. The molecule has 0 bridgehead atoms. The Labute approximate surface area is 168 Å². The maximum atomic E-state index is 12.3. The third kappa shape index (κ3) is 6.24. The zero-order chi connectivity index (χ0) is 20.4. The number of aryl methyl sites for hydroxylation is 1. The first kappa shape index (κ1) is 22.2. The minimum absolute atomic E-state index is 0.0639. The Morgan fingerprint density at radius 3 is 2.57 bits per heavy atom. The van der Waals surface area contributed by atoms with E-state index in [-0.39, 0.29) is 5.75 Å². The van der Waals surface area contributed by atoms with E-state index in [4.69, 9.17) is 0 Å². The Morgan fingerprint density at radius 2 is 1.86 bits per heavy atom. The average molecular weight is 408 g/mol. The lowest BCUT2D eigenvalue weighted by molar-refractivity contribution is 0.445. The van der Waals surface area contributed by atoms with Crippen LogP contribution in [-0.4, -0.2) is 61.7 Å². The molecule has 28 heavy (non-hydrogen) atoms. The maximum Gasteiger partial charge on any atom is 0.215 e. The minimum Gasteiger partial charge on any atom is -0.357 e. The topological polar surface area (TPSA) is 78.7 Å². The van der Waals surface area contributed by atoms with Crippen molar-refractivity contribution in [1.82, 2.24) is 19.5 Å². The van der Waals surface area contributed by atoms with Gasteiger partial charge in [-0.25, -0.2) is 12.7 Å². The normalized spacial score (nSPS) is 12.6. The van der Waals surface area contributed by atoms with E-state index in [1.54, 1.807) is 0 Å². The molecule has 0 aliphatic rings.